The Morgan fingerprint density at radius 1 is 1.50 bits per heavy atom. The van der Waals surface area contributed by atoms with Crippen LogP contribution in [0.25, 0.3) is 0 Å². The number of ether oxygens (including phenoxy) is 1. The molecule has 3 heteroatoms. The summed E-state index contributed by atoms with van der Waals surface area (Å²) in [5.41, 5.74) is 1.08. The molecule has 0 aliphatic rings. The van der Waals surface area contributed by atoms with Crippen LogP contribution in [-0.4, -0.2) is 12.4 Å². The predicted molar refractivity (Wildman–Crippen MR) is 52.3 cm³/mol. The maximum atomic E-state index is 13.1. The molecule has 0 aliphatic carbocycles. The van der Waals surface area contributed by atoms with Crippen LogP contribution in [0.3, 0.4) is 0 Å². The number of rotatable bonds is 3. The van der Waals surface area contributed by atoms with Crippen molar-refractivity contribution in [3.63, 3.8) is 0 Å². The molecule has 0 saturated carbocycles. The van der Waals surface area contributed by atoms with Gasteiger partial charge in [0.25, 0.3) is 0 Å². The van der Waals surface area contributed by atoms with E-state index in [9.17, 15) is 9.18 Å². The Bertz CT molecular complexity index is 359. The van der Waals surface area contributed by atoms with Gasteiger partial charge in [0.1, 0.15) is 11.6 Å². The quantitative estimate of drug-likeness (QED) is 0.695. The van der Waals surface area contributed by atoms with E-state index in [1.54, 1.807) is 6.92 Å². The van der Waals surface area contributed by atoms with E-state index < -0.39 is 5.82 Å². The molecule has 0 N–H and O–H groups in total. The van der Waals surface area contributed by atoms with Gasteiger partial charge in [-0.05, 0) is 26.8 Å². The molecule has 0 aromatic heterocycles. The summed E-state index contributed by atoms with van der Waals surface area (Å²) in [6.07, 6.45) is 0. The SMILES string of the molecule is CCOc1cc(F)cc(C(C)=O)c1C. The van der Waals surface area contributed by atoms with Gasteiger partial charge >= 0.3 is 0 Å². The molecule has 1 rings (SSSR count). The maximum absolute atomic E-state index is 13.1. The summed E-state index contributed by atoms with van der Waals surface area (Å²) in [4.78, 5) is 11.2. The summed E-state index contributed by atoms with van der Waals surface area (Å²) < 4.78 is 18.3. The van der Waals surface area contributed by atoms with Crippen molar-refractivity contribution in [2.45, 2.75) is 20.8 Å². The Labute approximate surface area is 82.7 Å². The van der Waals surface area contributed by atoms with Gasteiger partial charge in [-0.3, -0.25) is 4.79 Å². The molecule has 0 saturated heterocycles. The minimum absolute atomic E-state index is 0.150. The molecule has 76 valence electrons. The molecular weight excluding hydrogens is 183 g/mol. The first-order chi connectivity index (χ1) is 6.56. The third kappa shape index (κ3) is 2.10. The molecule has 1 aromatic carbocycles. The lowest BCUT2D eigenvalue weighted by molar-refractivity contribution is 0.101. The Kier molecular flexibility index (Phi) is 3.23. The van der Waals surface area contributed by atoms with E-state index in [4.69, 9.17) is 4.74 Å². The molecule has 0 unspecified atom stereocenters. The third-order valence-electron chi connectivity index (χ3n) is 2.00. The second-order valence-electron chi connectivity index (χ2n) is 3.07. The lowest BCUT2D eigenvalue weighted by Crippen LogP contribution is -2.02. The van der Waals surface area contributed by atoms with Gasteiger partial charge in [0.05, 0.1) is 6.61 Å². The van der Waals surface area contributed by atoms with Gasteiger partial charge in [-0.2, -0.15) is 0 Å². The van der Waals surface area contributed by atoms with E-state index in [-0.39, 0.29) is 5.78 Å². The fourth-order valence-corrected chi connectivity index (χ4v) is 1.33. The number of halogens is 1. The van der Waals surface area contributed by atoms with Gasteiger partial charge in [0.2, 0.25) is 0 Å². The summed E-state index contributed by atoms with van der Waals surface area (Å²) in [7, 11) is 0. The smallest absolute Gasteiger partial charge is 0.160 e. The van der Waals surface area contributed by atoms with Crippen LogP contribution in [0.2, 0.25) is 0 Å². The second kappa shape index (κ2) is 4.22. The molecule has 0 heterocycles. The van der Waals surface area contributed by atoms with Crippen LogP contribution in [0, 0.1) is 12.7 Å². The van der Waals surface area contributed by atoms with E-state index in [0.29, 0.717) is 23.5 Å². The topological polar surface area (TPSA) is 26.3 Å². The van der Waals surface area contributed by atoms with Crippen molar-refractivity contribution < 1.29 is 13.9 Å². The molecule has 14 heavy (non-hydrogen) atoms. The monoisotopic (exact) mass is 196 g/mol. The van der Waals surface area contributed by atoms with Crippen molar-refractivity contribution in [1.82, 2.24) is 0 Å². The lowest BCUT2D eigenvalue weighted by Gasteiger charge is -2.10. The fraction of sp³-hybridized carbons (Fsp3) is 0.364. The van der Waals surface area contributed by atoms with Crippen LogP contribution in [0.1, 0.15) is 29.8 Å². The first-order valence-electron chi connectivity index (χ1n) is 4.50. The summed E-state index contributed by atoms with van der Waals surface area (Å²) in [6, 6.07) is 2.53. The molecule has 1 aromatic rings. The first kappa shape index (κ1) is 10.7. The number of hydrogen-bond donors (Lipinski definition) is 0. The summed E-state index contributed by atoms with van der Waals surface area (Å²) >= 11 is 0. The number of carbonyl (C=O) groups is 1. The minimum atomic E-state index is -0.441. The minimum Gasteiger partial charge on any atom is -0.493 e. The highest BCUT2D eigenvalue weighted by Gasteiger charge is 2.11. The Hall–Kier alpha value is -1.38. The zero-order valence-corrected chi connectivity index (χ0v) is 8.56. The average molecular weight is 196 g/mol. The van der Waals surface area contributed by atoms with Crippen molar-refractivity contribution in [1.29, 1.82) is 0 Å². The maximum Gasteiger partial charge on any atom is 0.160 e. The molecule has 2 nitrogen and oxygen atoms in total. The lowest BCUT2D eigenvalue weighted by atomic mass is 10.0. The van der Waals surface area contributed by atoms with Crippen molar-refractivity contribution in [3.05, 3.63) is 29.1 Å². The van der Waals surface area contributed by atoms with Gasteiger partial charge in [0.15, 0.2) is 5.78 Å². The molecule has 0 spiro atoms. The molecule has 0 aliphatic heterocycles. The van der Waals surface area contributed by atoms with Crippen molar-refractivity contribution in [2.24, 2.45) is 0 Å². The van der Waals surface area contributed by atoms with Gasteiger partial charge in [-0.15, -0.1) is 0 Å². The van der Waals surface area contributed by atoms with E-state index in [2.05, 4.69) is 0 Å². The molecule has 0 atom stereocenters. The highest BCUT2D eigenvalue weighted by Crippen LogP contribution is 2.23. The molecular formula is C11H13FO2. The van der Waals surface area contributed by atoms with Gasteiger partial charge in [0, 0.05) is 17.2 Å². The van der Waals surface area contributed by atoms with Crippen LogP contribution in [0.5, 0.6) is 5.75 Å². The average Bonchev–Trinajstić information content (AvgIpc) is 2.10. The van der Waals surface area contributed by atoms with Gasteiger partial charge in [-0.1, -0.05) is 0 Å². The summed E-state index contributed by atoms with van der Waals surface area (Å²) in [6.45, 7) is 5.44. The van der Waals surface area contributed by atoms with Crippen LogP contribution in [-0.2, 0) is 0 Å². The molecule has 0 fully saturated rings. The zero-order valence-electron chi connectivity index (χ0n) is 8.56. The summed E-state index contributed by atoms with van der Waals surface area (Å²) in [5, 5.41) is 0. The van der Waals surface area contributed by atoms with E-state index in [1.165, 1.54) is 19.1 Å². The largest absolute Gasteiger partial charge is 0.493 e. The Morgan fingerprint density at radius 3 is 2.64 bits per heavy atom. The van der Waals surface area contributed by atoms with Gasteiger partial charge in [-0.25, -0.2) is 4.39 Å². The molecule has 0 bridgehead atoms. The number of carbonyl (C=O) groups excluding carboxylic acids is 1. The second-order valence-corrected chi connectivity index (χ2v) is 3.07. The van der Waals surface area contributed by atoms with E-state index >= 15 is 0 Å². The fourth-order valence-electron chi connectivity index (χ4n) is 1.33. The van der Waals surface area contributed by atoms with Crippen LogP contribution in [0.4, 0.5) is 4.39 Å². The van der Waals surface area contributed by atoms with Crippen LogP contribution >= 0.6 is 0 Å². The number of hydrogen-bond acceptors (Lipinski definition) is 2. The Balaban J connectivity index is 3.24. The number of Topliss-reactive ketones (excluding diaryl/α,β-unsaturated/α-hetero) is 1. The number of benzene rings is 1. The van der Waals surface area contributed by atoms with Crippen LogP contribution < -0.4 is 4.74 Å². The molecule has 0 radical (unpaired) electrons. The normalized spacial score (nSPS) is 10.0. The third-order valence-corrected chi connectivity index (χ3v) is 2.00. The van der Waals surface area contributed by atoms with Crippen molar-refractivity contribution in [3.8, 4) is 5.75 Å². The van der Waals surface area contributed by atoms with E-state index in [1.807, 2.05) is 6.92 Å². The zero-order chi connectivity index (χ0) is 10.7. The van der Waals surface area contributed by atoms with Crippen molar-refractivity contribution >= 4 is 5.78 Å². The number of ketones is 1. The van der Waals surface area contributed by atoms with E-state index in [0.717, 1.165) is 0 Å². The first-order valence-corrected chi connectivity index (χ1v) is 4.50. The highest BCUT2D eigenvalue weighted by molar-refractivity contribution is 5.96. The van der Waals surface area contributed by atoms with Gasteiger partial charge < -0.3 is 4.74 Å². The standard InChI is InChI=1S/C11H13FO2/c1-4-14-11-6-9(12)5-10(7(11)2)8(3)13/h5-6H,4H2,1-3H3. The van der Waals surface area contributed by atoms with Crippen molar-refractivity contribution in [2.75, 3.05) is 6.61 Å². The predicted octanol–water partition coefficient (Wildman–Crippen LogP) is 2.74. The van der Waals surface area contributed by atoms with Crippen LogP contribution in [0.15, 0.2) is 12.1 Å². The Morgan fingerprint density at radius 2 is 2.14 bits per heavy atom. The molecule has 0 amide bonds. The summed E-state index contributed by atoms with van der Waals surface area (Å²) in [5.74, 6) is -0.148. The highest BCUT2D eigenvalue weighted by atomic mass is 19.1.